The Hall–Kier alpha value is -1.55. The number of ketones is 1. The van der Waals surface area contributed by atoms with Crippen molar-refractivity contribution in [1.29, 1.82) is 0 Å². The average Bonchev–Trinajstić information content (AvgIpc) is 2.55. The maximum atomic E-state index is 11.8. The molecule has 0 amide bonds. The Morgan fingerprint density at radius 1 is 1.56 bits per heavy atom. The minimum atomic E-state index is -1.41. The Bertz CT molecular complexity index is 459. The lowest BCUT2D eigenvalue weighted by molar-refractivity contribution is -0.149. The van der Waals surface area contributed by atoms with Crippen LogP contribution in [-0.2, 0) is 14.3 Å². The normalized spacial score (nSPS) is 30.6. The van der Waals surface area contributed by atoms with Crippen molar-refractivity contribution >= 4 is 23.4 Å². The molecule has 2 rings (SSSR count). The molecule has 0 aromatic rings. The zero-order valence-electron chi connectivity index (χ0n) is 8.44. The Balaban J connectivity index is 2.43. The molecule has 0 radical (unpaired) electrons. The Labute approximate surface area is 96.8 Å². The number of Topliss-reactive ketones (excluding diaryl/α,β-unsaturated/α-hetero) is 1. The third-order valence-corrected chi connectivity index (χ3v) is 2.78. The first-order valence-corrected chi connectivity index (χ1v) is 5.11. The molecule has 1 heterocycles. The van der Waals surface area contributed by atoms with E-state index in [1.54, 1.807) is 12.2 Å². The first-order valence-electron chi connectivity index (χ1n) is 4.68. The number of ether oxygens (including phenoxy) is 1. The highest BCUT2D eigenvalue weighted by molar-refractivity contribution is 6.26. The number of fused-ring (bicyclic) bond motifs is 1. The van der Waals surface area contributed by atoms with Crippen LogP contribution in [0, 0.1) is 5.92 Å². The lowest BCUT2D eigenvalue weighted by atomic mass is 9.88. The van der Waals surface area contributed by atoms with Gasteiger partial charge in [-0.1, -0.05) is 17.7 Å². The van der Waals surface area contributed by atoms with E-state index in [0.717, 1.165) is 5.57 Å². The van der Waals surface area contributed by atoms with Crippen molar-refractivity contribution in [2.24, 2.45) is 5.92 Å². The van der Waals surface area contributed by atoms with Crippen molar-refractivity contribution < 1.29 is 19.4 Å². The molecule has 4 nitrogen and oxygen atoms in total. The molecular formula is C11H9ClO4. The molecule has 16 heavy (non-hydrogen) atoms. The summed E-state index contributed by atoms with van der Waals surface area (Å²) < 4.78 is 5.11. The smallest absolute Gasteiger partial charge is 0.352 e. The van der Waals surface area contributed by atoms with E-state index in [0.29, 0.717) is 11.3 Å². The standard InChI is InChI=1S/C11H9ClO4/c1-5-2-6(4-12)8-7(3-5)16-10(9(8)13)11(14)15/h2-4,8,10H,1H3,(H,14,15). The molecular weight excluding hydrogens is 232 g/mol. The molecule has 0 bridgehead atoms. The van der Waals surface area contributed by atoms with Crippen LogP contribution in [0.3, 0.4) is 0 Å². The van der Waals surface area contributed by atoms with E-state index in [9.17, 15) is 9.59 Å². The van der Waals surface area contributed by atoms with E-state index in [2.05, 4.69) is 0 Å². The molecule has 84 valence electrons. The first-order chi connectivity index (χ1) is 7.54. The SMILES string of the molecule is CC1=CC(=CCl)C2C(=O)C(C(=O)O)OC2=C1. The summed E-state index contributed by atoms with van der Waals surface area (Å²) in [5, 5.41) is 8.81. The highest BCUT2D eigenvalue weighted by Gasteiger charge is 2.46. The first kappa shape index (κ1) is 11.0. The minimum absolute atomic E-state index is 0.365. The van der Waals surface area contributed by atoms with Crippen LogP contribution in [0.4, 0.5) is 0 Å². The van der Waals surface area contributed by atoms with Gasteiger partial charge in [-0.15, -0.1) is 0 Å². The summed E-state index contributed by atoms with van der Waals surface area (Å²) in [6.45, 7) is 1.82. The zero-order valence-corrected chi connectivity index (χ0v) is 9.19. The number of carbonyl (C=O) groups excluding carboxylic acids is 1. The lowest BCUT2D eigenvalue weighted by Gasteiger charge is -2.14. The van der Waals surface area contributed by atoms with Crippen LogP contribution in [-0.4, -0.2) is 23.0 Å². The Morgan fingerprint density at radius 2 is 2.25 bits per heavy atom. The summed E-state index contributed by atoms with van der Waals surface area (Å²) in [5.41, 5.74) is 2.73. The molecule has 1 fully saturated rings. The maximum absolute atomic E-state index is 11.8. The molecule has 5 heteroatoms. The Morgan fingerprint density at radius 3 is 2.81 bits per heavy atom. The van der Waals surface area contributed by atoms with Crippen LogP contribution in [0.15, 0.2) is 34.6 Å². The highest BCUT2D eigenvalue weighted by atomic mass is 35.5. The molecule has 2 atom stereocenters. The molecule has 0 saturated carbocycles. The van der Waals surface area contributed by atoms with Crippen LogP contribution in [0.2, 0.25) is 0 Å². The highest BCUT2D eigenvalue weighted by Crippen LogP contribution is 2.37. The van der Waals surface area contributed by atoms with Gasteiger partial charge < -0.3 is 9.84 Å². The van der Waals surface area contributed by atoms with Crippen molar-refractivity contribution in [2.45, 2.75) is 13.0 Å². The number of hydrogen-bond acceptors (Lipinski definition) is 3. The molecule has 1 aliphatic heterocycles. The van der Waals surface area contributed by atoms with Crippen molar-refractivity contribution in [1.82, 2.24) is 0 Å². The monoisotopic (exact) mass is 240 g/mol. The second kappa shape index (κ2) is 3.79. The largest absolute Gasteiger partial charge is 0.478 e. The number of allylic oxidation sites excluding steroid dienone is 4. The van der Waals surface area contributed by atoms with Crippen LogP contribution in [0.5, 0.6) is 0 Å². The summed E-state index contributed by atoms with van der Waals surface area (Å²) in [7, 11) is 0. The van der Waals surface area contributed by atoms with E-state index in [1.807, 2.05) is 6.92 Å². The molecule has 0 aromatic heterocycles. The molecule has 0 aromatic carbocycles. The van der Waals surface area contributed by atoms with Gasteiger partial charge in [0.1, 0.15) is 11.7 Å². The number of rotatable bonds is 1. The van der Waals surface area contributed by atoms with Gasteiger partial charge in [-0.25, -0.2) is 4.79 Å². The van der Waals surface area contributed by atoms with Gasteiger partial charge in [0.05, 0.1) is 0 Å². The number of halogens is 1. The molecule has 2 aliphatic rings. The van der Waals surface area contributed by atoms with Gasteiger partial charge in [0.2, 0.25) is 0 Å². The molecule has 1 saturated heterocycles. The topological polar surface area (TPSA) is 63.6 Å². The van der Waals surface area contributed by atoms with Crippen molar-refractivity contribution in [3.05, 3.63) is 34.6 Å². The van der Waals surface area contributed by atoms with Crippen molar-refractivity contribution in [3.8, 4) is 0 Å². The van der Waals surface area contributed by atoms with Gasteiger partial charge in [0.15, 0.2) is 5.78 Å². The number of aliphatic carboxylic acids is 1. The van der Waals surface area contributed by atoms with Gasteiger partial charge in [0.25, 0.3) is 6.10 Å². The van der Waals surface area contributed by atoms with Gasteiger partial charge >= 0.3 is 5.97 Å². The summed E-state index contributed by atoms with van der Waals surface area (Å²) in [4.78, 5) is 22.6. The molecule has 0 spiro atoms. The summed E-state index contributed by atoms with van der Waals surface area (Å²) in [6, 6.07) is 0. The van der Waals surface area contributed by atoms with E-state index in [1.165, 1.54) is 5.54 Å². The van der Waals surface area contributed by atoms with Gasteiger partial charge in [-0.2, -0.15) is 0 Å². The second-order valence-electron chi connectivity index (χ2n) is 3.72. The van der Waals surface area contributed by atoms with Gasteiger partial charge in [-0.05, 0) is 24.1 Å². The van der Waals surface area contributed by atoms with E-state index < -0.39 is 23.8 Å². The van der Waals surface area contributed by atoms with Crippen LogP contribution < -0.4 is 0 Å². The van der Waals surface area contributed by atoms with E-state index >= 15 is 0 Å². The average molecular weight is 241 g/mol. The number of hydrogen-bond donors (Lipinski definition) is 1. The predicted octanol–water partition coefficient (Wildman–Crippen LogP) is 1.62. The van der Waals surface area contributed by atoms with E-state index in [4.69, 9.17) is 21.4 Å². The third kappa shape index (κ3) is 1.55. The number of carboxylic acids is 1. The zero-order chi connectivity index (χ0) is 11.9. The fourth-order valence-corrected chi connectivity index (χ4v) is 2.07. The van der Waals surface area contributed by atoms with Crippen molar-refractivity contribution in [2.75, 3.05) is 0 Å². The molecule has 2 unspecified atom stereocenters. The summed E-state index contributed by atoms with van der Waals surface area (Å²) >= 11 is 5.62. The van der Waals surface area contributed by atoms with E-state index in [-0.39, 0.29) is 0 Å². The van der Waals surface area contributed by atoms with Crippen LogP contribution >= 0.6 is 11.6 Å². The van der Waals surface area contributed by atoms with Gasteiger partial charge in [-0.3, -0.25) is 4.79 Å². The fraction of sp³-hybridized carbons (Fsp3) is 0.273. The van der Waals surface area contributed by atoms with Crippen LogP contribution in [0.1, 0.15) is 6.92 Å². The fourth-order valence-electron chi connectivity index (χ4n) is 1.88. The summed E-state index contributed by atoms with van der Waals surface area (Å²) in [6.07, 6.45) is 1.99. The van der Waals surface area contributed by atoms with Crippen LogP contribution in [0.25, 0.3) is 0 Å². The van der Waals surface area contributed by atoms with Gasteiger partial charge in [0, 0.05) is 5.54 Å². The Kier molecular flexibility index (Phi) is 2.59. The molecule has 1 aliphatic carbocycles. The summed E-state index contributed by atoms with van der Waals surface area (Å²) in [5.74, 6) is -2.05. The third-order valence-electron chi connectivity index (χ3n) is 2.53. The predicted molar refractivity (Wildman–Crippen MR) is 56.8 cm³/mol. The molecule has 1 N–H and O–H groups in total. The lowest BCUT2D eigenvalue weighted by Crippen LogP contribution is -2.29. The number of carboxylic acid groups (broad SMARTS) is 1. The quantitative estimate of drug-likeness (QED) is 0.708. The number of carbonyl (C=O) groups is 2. The maximum Gasteiger partial charge on any atom is 0.352 e. The second-order valence-corrected chi connectivity index (χ2v) is 3.93. The van der Waals surface area contributed by atoms with Crippen molar-refractivity contribution in [3.63, 3.8) is 0 Å². The minimum Gasteiger partial charge on any atom is -0.478 e.